The summed E-state index contributed by atoms with van der Waals surface area (Å²) in [7, 11) is -0.844. The van der Waals surface area contributed by atoms with E-state index < -0.39 is 15.8 Å². The molecule has 0 saturated heterocycles. The average Bonchev–Trinajstić information content (AvgIpc) is 3.10. The smallest absolute Gasteiger partial charge is 0.247 e. The number of hydrogen-bond donors (Lipinski definition) is 0. The Balaban J connectivity index is 1.76. The van der Waals surface area contributed by atoms with Gasteiger partial charge in [-0.25, -0.2) is 12.8 Å². The van der Waals surface area contributed by atoms with Crippen molar-refractivity contribution < 1.29 is 22.0 Å². The molecule has 0 atom stereocenters. The van der Waals surface area contributed by atoms with Crippen LogP contribution in [0.3, 0.4) is 0 Å². The number of halogens is 1. The summed E-state index contributed by atoms with van der Waals surface area (Å²) in [6.07, 6.45) is 0. The number of aromatic nitrogens is 2. The number of ether oxygens (including phenoxy) is 1. The molecule has 9 heteroatoms. The maximum atomic E-state index is 13.0. The van der Waals surface area contributed by atoms with Crippen molar-refractivity contribution >= 4 is 10.0 Å². The Morgan fingerprint density at radius 3 is 2.35 bits per heavy atom. The van der Waals surface area contributed by atoms with Gasteiger partial charge in [0.1, 0.15) is 11.6 Å². The van der Waals surface area contributed by atoms with E-state index in [4.69, 9.17) is 9.15 Å². The predicted molar refractivity (Wildman–Crippen MR) is 91.3 cm³/mol. The van der Waals surface area contributed by atoms with Crippen LogP contribution in [0.4, 0.5) is 4.39 Å². The van der Waals surface area contributed by atoms with Gasteiger partial charge in [0.05, 0.1) is 18.6 Å². The first kappa shape index (κ1) is 18.0. The third-order valence-corrected chi connectivity index (χ3v) is 5.50. The fraction of sp³-hybridized carbons (Fsp3) is 0.176. The molecular weight excluding hydrogens is 361 g/mol. The third-order valence-electron chi connectivity index (χ3n) is 3.68. The van der Waals surface area contributed by atoms with Crippen LogP contribution >= 0.6 is 0 Å². The summed E-state index contributed by atoms with van der Waals surface area (Å²) in [5, 5.41) is 7.82. The van der Waals surface area contributed by atoms with E-state index >= 15 is 0 Å². The average molecular weight is 377 g/mol. The summed E-state index contributed by atoms with van der Waals surface area (Å²) in [6, 6.07) is 11.6. The molecule has 0 aliphatic rings. The predicted octanol–water partition coefficient (Wildman–Crippen LogP) is 2.71. The molecular formula is C17H16FN3O4S. The zero-order chi connectivity index (χ0) is 18.7. The van der Waals surface area contributed by atoms with Crippen LogP contribution in [-0.4, -0.2) is 37.1 Å². The van der Waals surface area contributed by atoms with E-state index in [0.29, 0.717) is 11.3 Å². The number of sulfonamides is 1. The van der Waals surface area contributed by atoms with Crippen molar-refractivity contribution in [2.75, 3.05) is 14.2 Å². The second-order valence-corrected chi connectivity index (χ2v) is 7.49. The van der Waals surface area contributed by atoms with Gasteiger partial charge in [0, 0.05) is 12.6 Å². The van der Waals surface area contributed by atoms with Crippen LogP contribution < -0.4 is 4.74 Å². The molecule has 7 nitrogen and oxygen atoms in total. The summed E-state index contributed by atoms with van der Waals surface area (Å²) in [6.45, 7) is -0.108. The monoisotopic (exact) mass is 377 g/mol. The van der Waals surface area contributed by atoms with Crippen molar-refractivity contribution in [3.63, 3.8) is 0 Å². The van der Waals surface area contributed by atoms with Crippen LogP contribution in [0, 0.1) is 5.82 Å². The van der Waals surface area contributed by atoms with Gasteiger partial charge in [0.15, 0.2) is 0 Å². The van der Waals surface area contributed by atoms with Crippen molar-refractivity contribution in [1.29, 1.82) is 0 Å². The first-order valence-corrected chi connectivity index (χ1v) is 9.03. The molecule has 3 rings (SSSR count). The summed E-state index contributed by atoms with van der Waals surface area (Å²) in [5.74, 6) is 0.602. The van der Waals surface area contributed by atoms with Crippen LogP contribution in [0.2, 0.25) is 0 Å². The Hall–Kier alpha value is -2.78. The van der Waals surface area contributed by atoms with Gasteiger partial charge in [-0.3, -0.25) is 0 Å². The second-order valence-electron chi connectivity index (χ2n) is 5.44. The Morgan fingerprint density at radius 2 is 1.73 bits per heavy atom. The van der Waals surface area contributed by atoms with E-state index in [2.05, 4.69) is 10.2 Å². The van der Waals surface area contributed by atoms with Crippen LogP contribution in [0.25, 0.3) is 11.5 Å². The largest absolute Gasteiger partial charge is 0.497 e. The van der Waals surface area contributed by atoms with Crippen LogP contribution in [0.15, 0.2) is 57.8 Å². The standard InChI is InChI=1S/C17H16FN3O4S/c1-21(26(22,23)15-9-5-13(18)6-10-15)11-16-19-20-17(25-16)12-3-7-14(24-2)8-4-12/h3-10H,11H2,1-2H3. The van der Waals surface area contributed by atoms with E-state index in [1.54, 1.807) is 31.4 Å². The van der Waals surface area contributed by atoms with Crippen LogP contribution in [0.1, 0.15) is 5.89 Å². The van der Waals surface area contributed by atoms with Gasteiger partial charge in [0.25, 0.3) is 0 Å². The van der Waals surface area contributed by atoms with Gasteiger partial charge in [-0.2, -0.15) is 4.31 Å². The minimum Gasteiger partial charge on any atom is -0.497 e. The first-order chi connectivity index (χ1) is 12.4. The van der Waals surface area contributed by atoms with Gasteiger partial charge in [0.2, 0.25) is 21.8 Å². The first-order valence-electron chi connectivity index (χ1n) is 7.59. The molecule has 136 valence electrons. The van der Waals surface area contributed by atoms with Gasteiger partial charge >= 0.3 is 0 Å². The van der Waals surface area contributed by atoms with E-state index in [1.807, 2.05) is 0 Å². The molecule has 0 aliphatic carbocycles. The van der Waals surface area contributed by atoms with Crippen LogP contribution in [-0.2, 0) is 16.6 Å². The van der Waals surface area contributed by atoms with Crippen LogP contribution in [0.5, 0.6) is 5.75 Å². The number of rotatable bonds is 6. The highest BCUT2D eigenvalue weighted by molar-refractivity contribution is 7.89. The summed E-state index contributed by atoms with van der Waals surface area (Å²) >= 11 is 0. The second kappa shape index (κ2) is 7.22. The van der Waals surface area contributed by atoms with Gasteiger partial charge in [-0.05, 0) is 48.5 Å². The maximum Gasteiger partial charge on any atom is 0.247 e. The minimum absolute atomic E-state index is 0.0173. The van der Waals surface area contributed by atoms with Crippen molar-refractivity contribution in [1.82, 2.24) is 14.5 Å². The topological polar surface area (TPSA) is 85.5 Å². The molecule has 1 heterocycles. The molecule has 0 unspecified atom stereocenters. The number of methoxy groups -OCH3 is 1. The highest BCUT2D eigenvalue weighted by Gasteiger charge is 2.23. The van der Waals surface area contributed by atoms with E-state index in [-0.39, 0.29) is 23.2 Å². The third kappa shape index (κ3) is 3.73. The van der Waals surface area contributed by atoms with Crippen molar-refractivity contribution in [2.24, 2.45) is 0 Å². The fourth-order valence-corrected chi connectivity index (χ4v) is 3.35. The number of hydrogen-bond acceptors (Lipinski definition) is 6. The van der Waals surface area contributed by atoms with Crippen molar-refractivity contribution in [3.8, 4) is 17.2 Å². The number of nitrogens with zero attached hydrogens (tertiary/aromatic N) is 3. The maximum absolute atomic E-state index is 13.0. The molecule has 3 aromatic rings. The minimum atomic E-state index is -3.80. The lowest BCUT2D eigenvalue weighted by Gasteiger charge is -2.15. The molecule has 0 spiro atoms. The molecule has 1 aromatic heterocycles. The molecule has 0 fully saturated rings. The highest BCUT2D eigenvalue weighted by atomic mass is 32.2. The van der Waals surface area contributed by atoms with Gasteiger partial charge < -0.3 is 9.15 Å². The fourth-order valence-electron chi connectivity index (χ4n) is 2.23. The number of benzene rings is 2. The van der Waals surface area contributed by atoms with Crippen molar-refractivity contribution in [3.05, 3.63) is 60.2 Å². The lowest BCUT2D eigenvalue weighted by Crippen LogP contribution is -2.26. The summed E-state index contributed by atoms with van der Waals surface area (Å²) in [4.78, 5) is -0.0173. The van der Waals surface area contributed by atoms with E-state index in [0.717, 1.165) is 16.4 Å². The molecule has 0 amide bonds. The highest BCUT2D eigenvalue weighted by Crippen LogP contribution is 2.22. The summed E-state index contributed by atoms with van der Waals surface area (Å²) < 4.78 is 49.7. The Labute approximate surface area is 150 Å². The Bertz CT molecular complexity index is 986. The van der Waals surface area contributed by atoms with E-state index in [1.165, 1.54) is 19.2 Å². The van der Waals surface area contributed by atoms with Crippen molar-refractivity contribution in [2.45, 2.75) is 11.4 Å². The Kier molecular flexibility index (Phi) is 5.01. The molecule has 0 bridgehead atoms. The molecule has 0 N–H and O–H groups in total. The van der Waals surface area contributed by atoms with Gasteiger partial charge in [-0.1, -0.05) is 0 Å². The molecule has 0 saturated carbocycles. The molecule has 26 heavy (non-hydrogen) atoms. The molecule has 2 aromatic carbocycles. The lowest BCUT2D eigenvalue weighted by molar-refractivity contribution is 0.399. The zero-order valence-corrected chi connectivity index (χ0v) is 14.9. The zero-order valence-electron chi connectivity index (χ0n) is 14.1. The Morgan fingerprint density at radius 1 is 1.08 bits per heavy atom. The van der Waals surface area contributed by atoms with Gasteiger partial charge in [-0.15, -0.1) is 10.2 Å². The normalized spacial score (nSPS) is 11.7. The molecule has 0 radical (unpaired) electrons. The van der Waals surface area contributed by atoms with E-state index in [9.17, 15) is 12.8 Å². The summed E-state index contributed by atoms with van der Waals surface area (Å²) in [5.41, 5.74) is 0.689. The SMILES string of the molecule is COc1ccc(-c2nnc(CN(C)S(=O)(=O)c3ccc(F)cc3)o2)cc1. The molecule has 0 aliphatic heterocycles. The lowest BCUT2D eigenvalue weighted by atomic mass is 10.2. The quantitative estimate of drug-likeness (QED) is 0.657.